The van der Waals surface area contributed by atoms with Gasteiger partial charge in [0, 0.05) is 23.1 Å². The molecule has 30 heavy (non-hydrogen) atoms. The molecule has 3 N–H and O–H groups in total. The number of hydrogen-bond donors (Lipinski definition) is 3. The van der Waals surface area contributed by atoms with E-state index in [4.69, 9.17) is 0 Å². The number of fused-ring (bicyclic) bond motifs is 3. The molecule has 0 radical (unpaired) electrons. The molecule has 1 aliphatic heterocycles. The Morgan fingerprint density at radius 1 is 1.07 bits per heavy atom. The van der Waals surface area contributed by atoms with E-state index in [9.17, 15) is 19.1 Å². The Morgan fingerprint density at radius 3 is 2.57 bits per heavy atom. The Hall–Kier alpha value is -3.65. The predicted molar refractivity (Wildman–Crippen MR) is 111 cm³/mol. The van der Waals surface area contributed by atoms with E-state index in [0.717, 1.165) is 33.1 Å². The van der Waals surface area contributed by atoms with Crippen LogP contribution in [0.4, 0.5) is 4.39 Å². The topological polar surface area (TPSA) is 94.1 Å². The highest BCUT2D eigenvalue weighted by Crippen LogP contribution is 2.38. The fraction of sp³-hybridized carbons (Fsp3) is 0.182. The molecule has 5 rings (SSSR count). The average Bonchev–Trinajstić information content (AvgIpc) is 3.09. The van der Waals surface area contributed by atoms with Gasteiger partial charge in [0.05, 0.1) is 11.7 Å². The van der Waals surface area contributed by atoms with Crippen LogP contribution in [0.1, 0.15) is 22.9 Å². The summed E-state index contributed by atoms with van der Waals surface area (Å²) in [6, 6.07) is 12.4. The van der Waals surface area contributed by atoms with Crippen LogP contribution < -0.4 is 11.2 Å². The monoisotopic (exact) mass is 406 g/mol. The molecule has 0 saturated heterocycles. The molecule has 152 valence electrons. The fourth-order valence-electron chi connectivity index (χ4n) is 4.34. The molecule has 0 aliphatic carbocycles. The minimum Gasteiger partial charge on any atom is -0.494 e. The van der Waals surface area contributed by atoms with Gasteiger partial charge in [0.2, 0.25) is 5.88 Å². The first-order valence-electron chi connectivity index (χ1n) is 9.59. The van der Waals surface area contributed by atoms with Gasteiger partial charge in [-0.2, -0.15) is 0 Å². The van der Waals surface area contributed by atoms with Crippen LogP contribution in [0.5, 0.6) is 5.88 Å². The van der Waals surface area contributed by atoms with Crippen molar-refractivity contribution in [1.29, 1.82) is 0 Å². The van der Waals surface area contributed by atoms with Gasteiger partial charge < -0.3 is 10.1 Å². The number of likely N-dealkylation sites (N-methyl/N-ethyl adjacent to an activating group) is 1. The molecule has 7 nitrogen and oxygen atoms in total. The number of para-hydroxylation sites is 1. The van der Waals surface area contributed by atoms with E-state index < -0.39 is 29.0 Å². The molecule has 8 heteroatoms. The SMILES string of the molecule is CN1CCc2c([nH]c3ccccc23)[C@@H]1c1c(O)n(-c2ccc(F)cc2)c(=O)[nH]c1=O. The first kappa shape index (κ1) is 18.4. The highest BCUT2D eigenvalue weighted by molar-refractivity contribution is 5.85. The molecule has 3 heterocycles. The number of halogens is 1. The number of benzene rings is 2. The third-order valence-corrected chi connectivity index (χ3v) is 5.75. The van der Waals surface area contributed by atoms with Crippen molar-refractivity contribution in [2.24, 2.45) is 0 Å². The van der Waals surface area contributed by atoms with E-state index in [1.54, 1.807) is 0 Å². The number of rotatable bonds is 2. The van der Waals surface area contributed by atoms with E-state index in [1.807, 2.05) is 36.2 Å². The number of aromatic hydroxyl groups is 1. The number of aromatic nitrogens is 3. The van der Waals surface area contributed by atoms with Gasteiger partial charge in [-0.1, -0.05) is 18.2 Å². The highest BCUT2D eigenvalue weighted by Gasteiger charge is 2.34. The molecular formula is C22H19FN4O3. The van der Waals surface area contributed by atoms with Gasteiger partial charge in [-0.15, -0.1) is 0 Å². The highest BCUT2D eigenvalue weighted by atomic mass is 19.1. The Morgan fingerprint density at radius 2 is 1.80 bits per heavy atom. The standard InChI is InChI=1S/C22H19FN4O3/c1-26-11-10-15-14-4-2-3-5-16(14)24-18(15)19(26)17-20(28)25-22(30)27(21(17)29)13-8-6-12(23)7-9-13/h2-9,19,24,29H,10-11H2,1H3,(H,25,28,30)/t19-/m0/s1. The first-order chi connectivity index (χ1) is 14.5. The van der Waals surface area contributed by atoms with Gasteiger partial charge in [-0.3, -0.25) is 14.7 Å². The number of aromatic amines is 2. The zero-order chi connectivity index (χ0) is 21.0. The van der Waals surface area contributed by atoms with Gasteiger partial charge in [0.25, 0.3) is 5.56 Å². The second-order valence-electron chi connectivity index (χ2n) is 7.50. The molecule has 1 atom stereocenters. The van der Waals surface area contributed by atoms with E-state index in [0.29, 0.717) is 6.54 Å². The Balaban J connectivity index is 1.77. The minimum absolute atomic E-state index is 0.0638. The molecule has 1 aliphatic rings. The van der Waals surface area contributed by atoms with Crippen LogP contribution in [0, 0.1) is 5.82 Å². The van der Waals surface area contributed by atoms with Crippen molar-refractivity contribution < 1.29 is 9.50 Å². The van der Waals surface area contributed by atoms with Crippen LogP contribution in [0.3, 0.4) is 0 Å². The second kappa shape index (κ2) is 6.70. The number of nitrogens with one attached hydrogen (secondary N) is 2. The normalized spacial score (nSPS) is 16.7. The quantitative estimate of drug-likeness (QED) is 0.477. The summed E-state index contributed by atoms with van der Waals surface area (Å²) in [5.74, 6) is -0.926. The second-order valence-corrected chi connectivity index (χ2v) is 7.50. The molecule has 0 spiro atoms. The maximum atomic E-state index is 13.3. The summed E-state index contributed by atoms with van der Waals surface area (Å²) in [5, 5.41) is 12.1. The van der Waals surface area contributed by atoms with Crippen LogP contribution >= 0.6 is 0 Å². The van der Waals surface area contributed by atoms with Crippen LogP contribution in [-0.2, 0) is 6.42 Å². The van der Waals surface area contributed by atoms with Gasteiger partial charge in [-0.05, 0) is 49.4 Å². The van der Waals surface area contributed by atoms with Crippen LogP contribution in [-0.4, -0.2) is 38.1 Å². The van der Waals surface area contributed by atoms with Gasteiger partial charge in [-0.25, -0.2) is 13.8 Å². The average molecular weight is 406 g/mol. The van der Waals surface area contributed by atoms with E-state index >= 15 is 0 Å². The summed E-state index contributed by atoms with van der Waals surface area (Å²) in [6.07, 6.45) is 0.794. The van der Waals surface area contributed by atoms with Crippen LogP contribution in [0.25, 0.3) is 16.6 Å². The Kier molecular flexibility index (Phi) is 4.11. The van der Waals surface area contributed by atoms with Crippen molar-refractivity contribution in [2.45, 2.75) is 12.5 Å². The zero-order valence-corrected chi connectivity index (χ0v) is 16.1. The summed E-state index contributed by atoms with van der Waals surface area (Å²) in [5.41, 5.74) is 1.73. The van der Waals surface area contributed by atoms with E-state index in [-0.39, 0.29) is 11.3 Å². The number of nitrogens with zero attached hydrogens (tertiary/aromatic N) is 2. The molecule has 0 bridgehead atoms. The molecule has 0 saturated carbocycles. The molecule has 2 aromatic heterocycles. The lowest BCUT2D eigenvalue weighted by molar-refractivity contribution is 0.252. The van der Waals surface area contributed by atoms with Crippen molar-refractivity contribution in [2.75, 3.05) is 13.6 Å². The third-order valence-electron chi connectivity index (χ3n) is 5.75. The van der Waals surface area contributed by atoms with Crippen molar-refractivity contribution >= 4 is 10.9 Å². The van der Waals surface area contributed by atoms with Crippen LogP contribution in [0.2, 0.25) is 0 Å². The molecule has 0 unspecified atom stereocenters. The molecule has 0 fully saturated rings. The largest absolute Gasteiger partial charge is 0.494 e. The lowest BCUT2D eigenvalue weighted by Crippen LogP contribution is -2.39. The lowest BCUT2D eigenvalue weighted by Gasteiger charge is -2.33. The summed E-state index contributed by atoms with van der Waals surface area (Å²) in [7, 11) is 1.87. The van der Waals surface area contributed by atoms with Crippen molar-refractivity contribution in [3.05, 3.63) is 92.0 Å². The maximum Gasteiger partial charge on any atom is 0.335 e. The third kappa shape index (κ3) is 2.68. The Bertz CT molecular complexity index is 1380. The molecule has 4 aromatic rings. The summed E-state index contributed by atoms with van der Waals surface area (Å²) >= 11 is 0. The van der Waals surface area contributed by atoms with Crippen molar-refractivity contribution in [3.8, 4) is 11.6 Å². The molecular weight excluding hydrogens is 387 g/mol. The van der Waals surface area contributed by atoms with Crippen molar-refractivity contribution in [3.63, 3.8) is 0 Å². The fourth-order valence-corrected chi connectivity index (χ4v) is 4.34. The molecule has 2 aromatic carbocycles. The summed E-state index contributed by atoms with van der Waals surface area (Å²) in [6.45, 7) is 0.675. The lowest BCUT2D eigenvalue weighted by atomic mass is 9.94. The minimum atomic E-state index is -0.789. The first-order valence-corrected chi connectivity index (χ1v) is 9.59. The smallest absolute Gasteiger partial charge is 0.335 e. The number of hydrogen-bond acceptors (Lipinski definition) is 4. The summed E-state index contributed by atoms with van der Waals surface area (Å²) < 4.78 is 14.3. The Labute approximate surface area is 170 Å². The van der Waals surface area contributed by atoms with Gasteiger partial charge in [0.15, 0.2) is 0 Å². The van der Waals surface area contributed by atoms with Gasteiger partial charge >= 0.3 is 5.69 Å². The van der Waals surface area contributed by atoms with E-state index in [1.165, 1.54) is 24.3 Å². The van der Waals surface area contributed by atoms with E-state index in [2.05, 4.69) is 9.97 Å². The maximum absolute atomic E-state index is 13.3. The van der Waals surface area contributed by atoms with Crippen molar-refractivity contribution in [1.82, 2.24) is 19.4 Å². The predicted octanol–water partition coefficient (Wildman–Crippen LogP) is 2.43. The summed E-state index contributed by atoms with van der Waals surface area (Å²) in [4.78, 5) is 33.0. The van der Waals surface area contributed by atoms with Gasteiger partial charge in [0.1, 0.15) is 11.4 Å². The van der Waals surface area contributed by atoms with Crippen LogP contribution in [0.15, 0.2) is 58.1 Å². The number of H-pyrrole nitrogens is 2. The zero-order valence-electron chi connectivity index (χ0n) is 16.1. The molecule has 0 amide bonds.